The number of carbonyl (C=O) groups is 3. The van der Waals surface area contributed by atoms with Crippen LogP contribution in [-0.2, 0) is 9.53 Å². The summed E-state index contributed by atoms with van der Waals surface area (Å²) in [5.74, 6) is -0.417. The highest BCUT2D eigenvalue weighted by molar-refractivity contribution is 8.00. The van der Waals surface area contributed by atoms with Crippen LogP contribution in [0.15, 0.2) is 113 Å². The SMILES string of the molecule is COC(=O)c1c(-c2ccc(C)cc2)csc1NC(=O)C(Sc1cccc(NC(=O)c2ccc(OC)cc2)c1)c1ccccc1. The molecule has 0 fully saturated rings. The van der Waals surface area contributed by atoms with Crippen molar-refractivity contribution in [2.75, 3.05) is 24.9 Å². The minimum absolute atomic E-state index is 0.260. The number of rotatable bonds is 10. The first-order valence-corrected chi connectivity index (χ1v) is 15.5. The molecule has 44 heavy (non-hydrogen) atoms. The highest BCUT2D eigenvalue weighted by atomic mass is 32.2. The van der Waals surface area contributed by atoms with E-state index in [9.17, 15) is 14.4 Å². The van der Waals surface area contributed by atoms with Gasteiger partial charge in [-0.2, -0.15) is 0 Å². The van der Waals surface area contributed by atoms with Gasteiger partial charge < -0.3 is 20.1 Å². The van der Waals surface area contributed by atoms with Gasteiger partial charge in [0.1, 0.15) is 21.6 Å². The number of benzene rings is 4. The van der Waals surface area contributed by atoms with Gasteiger partial charge in [-0.05, 0) is 60.5 Å². The van der Waals surface area contributed by atoms with Crippen LogP contribution in [0.1, 0.15) is 37.1 Å². The largest absolute Gasteiger partial charge is 0.497 e. The molecule has 7 nitrogen and oxygen atoms in total. The van der Waals surface area contributed by atoms with E-state index in [1.54, 1.807) is 37.4 Å². The standard InChI is InChI=1S/C35H30N2O5S2/c1-22-12-14-23(15-13-22)29-21-43-34(30(29)35(40)42-3)37-33(39)31(24-8-5-4-6-9-24)44-28-11-7-10-26(20-28)36-32(38)25-16-18-27(41-2)19-17-25/h4-21,31H,1-3H3,(H,36,38)(H,37,39). The fourth-order valence-electron chi connectivity index (χ4n) is 4.51. The fraction of sp³-hybridized carbons (Fsp3) is 0.114. The highest BCUT2D eigenvalue weighted by Gasteiger charge is 2.27. The third-order valence-corrected chi connectivity index (χ3v) is 8.96. The Kier molecular flexibility index (Phi) is 9.79. The monoisotopic (exact) mass is 622 g/mol. The lowest BCUT2D eigenvalue weighted by Gasteiger charge is -2.18. The van der Waals surface area contributed by atoms with E-state index in [0.29, 0.717) is 33.1 Å². The van der Waals surface area contributed by atoms with E-state index in [1.165, 1.54) is 30.2 Å². The van der Waals surface area contributed by atoms with Crippen LogP contribution in [0.4, 0.5) is 10.7 Å². The van der Waals surface area contributed by atoms with Crippen molar-refractivity contribution in [3.63, 3.8) is 0 Å². The van der Waals surface area contributed by atoms with Crippen molar-refractivity contribution in [3.05, 3.63) is 131 Å². The van der Waals surface area contributed by atoms with Crippen LogP contribution in [0.25, 0.3) is 11.1 Å². The first-order chi connectivity index (χ1) is 21.4. The van der Waals surface area contributed by atoms with E-state index in [-0.39, 0.29) is 11.8 Å². The van der Waals surface area contributed by atoms with Crippen LogP contribution in [0, 0.1) is 6.92 Å². The second-order valence-corrected chi connectivity index (χ2v) is 11.9. The Labute approximate surface area is 264 Å². The Morgan fingerprint density at radius 3 is 2.23 bits per heavy atom. The lowest BCUT2D eigenvalue weighted by molar-refractivity contribution is -0.115. The first-order valence-electron chi connectivity index (χ1n) is 13.7. The number of hydrogen-bond acceptors (Lipinski definition) is 7. The van der Waals surface area contributed by atoms with E-state index in [1.807, 2.05) is 85.1 Å². The van der Waals surface area contributed by atoms with Crippen molar-refractivity contribution in [1.29, 1.82) is 0 Å². The van der Waals surface area contributed by atoms with Crippen LogP contribution in [0.3, 0.4) is 0 Å². The molecule has 4 aromatic carbocycles. The maximum absolute atomic E-state index is 13.9. The molecule has 2 N–H and O–H groups in total. The highest BCUT2D eigenvalue weighted by Crippen LogP contribution is 2.40. The molecule has 0 radical (unpaired) electrons. The summed E-state index contributed by atoms with van der Waals surface area (Å²) >= 11 is 2.62. The van der Waals surface area contributed by atoms with Crippen LogP contribution >= 0.6 is 23.1 Å². The molecule has 1 aromatic heterocycles. The predicted octanol–water partition coefficient (Wildman–Crippen LogP) is 8.24. The van der Waals surface area contributed by atoms with Gasteiger partial charge in [-0.25, -0.2) is 4.79 Å². The molecule has 0 saturated heterocycles. The molecule has 5 aromatic rings. The molecule has 5 rings (SSSR count). The Hall–Kier alpha value is -4.86. The average molecular weight is 623 g/mol. The van der Waals surface area contributed by atoms with Gasteiger partial charge in [0.05, 0.1) is 14.2 Å². The Morgan fingerprint density at radius 2 is 1.55 bits per heavy atom. The number of nitrogens with one attached hydrogen (secondary N) is 2. The maximum Gasteiger partial charge on any atom is 0.341 e. The van der Waals surface area contributed by atoms with Crippen molar-refractivity contribution >= 4 is 51.6 Å². The Morgan fingerprint density at radius 1 is 0.818 bits per heavy atom. The van der Waals surface area contributed by atoms with Crippen LogP contribution < -0.4 is 15.4 Å². The van der Waals surface area contributed by atoms with Gasteiger partial charge >= 0.3 is 5.97 Å². The summed E-state index contributed by atoms with van der Waals surface area (Å²) < 4.78 is 10.3. The minimum Gasteiger partial charge on any atom is -0.497 e. The number of carbonyl (C=O) groups excluding carboxylic acids is 3. The molecule has 0 bridgehead atoms. The van der Waals surface area contributed by atoms with Gasteiger partial charge in [0.15, 0.2) is 0 Å². The zero-order chi connectivity index (χ0) is 31.1. The molecule has 0 spiro atoms. The summed E-state index contributed by atoms with van der Waals surface area (Å²) in [7, 11) is 2.90. The van der Waals surface area contributed by atoms with Crippen molar-refractivity contribution in [2.45, 2.75) is 17.1 Å². The van der Waals surface area contributed by atoms with Gasteiger partial charge in [-0.3, -0.25) is 9.59 Å². The Balaban J connectivity index is 1.40. The van der Waals surface area contributed by atoms with Crippen LogP contribution in [0.5, 0.6) is 5.75 Å². The molecular weight excluding hydrogens is 593 g/mol. The summed E-state index contributed by atoms with van der Waals surface area (Å²) in [4.78, 5) is 40.5. The number of esters is 1. The number of anilines is 2. The molecule has 1 unspecified atom stereocenters. The molecule has 2 amide bonds. The second kappa shape index (κ2) is 14.1. The zero-order valence-corrected chi connectivity index (χ0v) is 26.0. The number of methoxy groups -OCH3 is 2. The molecule has 222 valence electrons. The smallest absolute Gasteiger partial charge is 0.341 e. The zero-order valence-electron chi connectivity index (χ0n) is 24.3. The van der Waals surface area contributed by atoms with E-state index in [4.69, 9.17) is 9.47 Å². The van der Waals surface area contributed by atoms with Gasteiger partial charge in [-0.15, -0.1) is 23.1 Å². The van der Waals surface area contributed by atoms with Gasteiger partial charge in [0.25, 0.3) is 5.91 Å². The normalized spacial score (nSPS) is 11.3. The lowest BCUT2D eigenvalue weighted by atomic mass is 10.0. The van der Waals surface area contributed by atoms with E-state index >= 15 is 0 Å². The van der Waals surface area contributed by atoms with Crippen molar-refractivity contribution in [2.24, 2.45) is 0 Å². The summed E-state index contributed by atoms with van der Waals surface area (Å²) in [6.07, 6.45) is 0. The quantitative estimate of drug-likeness (QED) is 0.120. The number of amides is 2. The minimum atomic E-state index is -0.654. The van der Waals surface area contributed by atoms with E-state index < -0.39 is 11.2 Å². The third kappa shape index (κ3) is 7.19. The number of aryl methyl sites for hydroxylation is 1. The topological polar surface area (TPSA) is 93.7 Å². The third-order valence-electron chi connectivity index (χ3n) is 6.82. The second-order valence-electron chi connectivity index (χ2n) is 9.82. The molecule has 1 atom stereocenters. The molecular formula is C35H30N2O5S2. The van der Waals surface area contributed by atoms with Gasteiger partial charge in [-0.1, -0.05) is 66.2 Å². The van der Waals surface area contributed by atoms with Crippen molar-refractivity contribution < 1.29 is 23.9 Å². The van der Waals surface area contributed by atoms with Crippen molar-refractivity contribution in [3.8, 4) is 16.9 Å². The van der Waals surface area contributed by atoms with Crippen LogP contribution in [-0.4, -0.2) is 32.0 Å². The summed E-state index contributed by atoms with van der Waals surface area (Å²) in [6, 6.07) is 31.4. The molecule has 0 aliphatic heterocycles. The summed E-state index contributed by atoms with van der Waals surface area (Å²) in [5.41, 5.74) is 4.85. The first kappa shape index (κ1) is 30.6. The Bertz CT molecular complexity index is 1770. The summed E-state index contributed by atoms with van der Waals surface area (Å²) in [5, 5.41) is 7.54. The van der Waals surface area contributed by atoms with Crippen molar-refractivity contribution in [1.82, 2.24) is 0 Å². The molecule has 0 aliphatic carbocycles. The molecule has 9 heteroatoms. The molecule has 0 saturated carbocycles. The van der Waals surface area contributed by atoms with Gasteiger partial charge in [0, 0.05) is 27.1 Å². The molecule has 1 heterocycles. The number of hydrogen-bond donors (Lipinski definition) is 2. The maximum atomic E-state index is 13.9. The van der Waals surface area contributed by atoms with Crippen LogP contribution in [0.2, 0.25) is 0 Å². The number of thiophene rings is 1. The lowest BCUT2D eigenvalue weighted by Crippen LogP contribution is -2.20. The van der Waals surface area contributed by atoms with Gasteiger partial charge in [0.2, 0.25) is 5.91 Å². The fourth-order valence-corrected chi connectivity index (χ4v) is 6.55. The molecule has 0 aliphatic rings. The number of ether oxygens (including phenoxy) is 2. The van der Waals surface area contributed by atoms with E-state index in [2.05, 4.69) is 10.6 Å². The predicted molar refractivity (Wildman–Crippen MR) is 177 cm³/mol. The van der Waals surface area contributed by atoms with E-state index in [0.717, 1.165) is 21.6 Å². The summed E-state index contributed by atoms with van der Waals surface area (Å²) in [6.45, 7) is 2.00. The number of thioether (sulfide) groups is 1. The average Bonchev–Trinajstić information content (AvgIpc) is 3.47.